The Morgan fingerprint density at radius 2 is 2.06 bits per heavy atom. The Kier molecular flexibility index (Phi) is 4.38. The van der Waals surface area contributed by atoms with Crippen LogP contribution in [0.4, 0.5) is 4.79 Å². The topological polar surface area (TPSA) is 67.4 Å². The fraction of sp³-hybridized carbons (Fsp3) is 0.818. The first-order chi connectivity index (χ1) is 7.78. The molecule has 3 atom stereocenters. The van der Waals surface area contributed by atoms with Crippen LogP contribution in [0.2, 0.25) is 0 Å². The summed E-state index contributed by atoms with van der Waals surface area (Å²) < 4.78 is 5.27. The van der Waals surface area contributed by atoms with E-state index in [1.165, 1.54) is 6.92 Å². The standard InChI is InChI=1S/C11H19ClN2O3/c1-6(12)9(15)14-10(16)13-7-5-8(17-4)11(7,2)3/h6-8H,5H2,1-4H3,(H2,13,14,15,16). The molecule has 98 valence electrons. The van der Waals surface area contributed by atoms with Crippen LogP contribution in [0.25, 0.3) is 0 Å². The van der Waals surface area contributed by atoms with Crippen molar-refractivity contribution in [1.82, 2.24) is 10.6 Å². The average Bonchev–Trinajstić information content (AvgIpc) is 2.23. The number of ether oxygens (including phenoxy) is 1. The molecule has 0 aromatic heterocycles. The fourth-order valence-electron chi connectivity index (χ4n) is 1.94. The third kappa shape index (κ3) is 3.10. The van der Waals surface area contributed by atoms with E-state index >= 15 is 0 Å². The number of hydrogen-bond acceptors (Lipinski definition) is 3. The number of carbonyl (C=O) groups excluding carboxylic acids is 2. The maximum absolute atomic E-state index is 11.5. The smallest absolute Gasteiger partial charge is 0.321 e. The molecular weight excluding hydrogens is 244 g/mol. The molecule has 1 saturated carbocycles. The van der Waals surface area contributed by atoms with Crippen LogP contribution in [0, 0.1) is 5.41 Å². The zero-order chi connectivity index (χ0) is 13.2. The zero-order valence-corrected chi connectivity index (χ0v) is 11.3. The summed E-state index contributed by atoms with van der Waals surface area (Å²) in [6, 6.07) is -0.499. The van der Waals surface area contributed by atoms with Gasteiger partial charge in [-0.25, -0.2) is 4.79 Å². The van der Waals surface area contributed by atoms with Gasteiger partial charge in [-0.1, -0.05) is 13.8 Å². The van der Waals surface area contributed by atoms with E-state index < -0.39 is 17.3 Å². The number of hydrogen-bond donors (Lipinski definition) is 2. The maximum atomic E-state index is 11.5. The molecule has 5 nitrogen and oxygen atoms in total. The summed E-state index contributed by atoms with van der Waals surface area (Å²) in [5, 5.41) is 4.21. The lowest BCUT2D eigenvalue weighted by Crippen LogP contribution is -2.63. The summed E-state index contributed by atoms with van der Waals surface area (Å²) in [5.41, 5.74) is -0.123. The van der Waals surface area contributed by atoms with Crippen LogP contribution < -0.4 is 10.6 Å². The van der Waals surface area contributed by atoms with E-state index in [0.29, 0.717) is 0 Å². The minimum absolute atomic E-state index is 0.00545. The number of rotatable bonds is 3. The molecule has 0 saturated heterocycles. The van der Waals surface area contributed by atoms with Gasteiger partial charge in [0, 0.05) is 18.6 Å². The van der Waals surface area contributed by atoms with E-state index in [-0.39, 0.29) is 17.6 Å². The summed E-state index contributed by atoms with van der Waals surface area (Å²) in [6.07, 6.45) is 0.886. The van der Waals surface area contributed by atoms with Gasteiger partial charge >= 0.3 is 6.03 Å². The molecule has 0 aromatic carbocycles. The monoisotopic (exact) mass is 262 g/mol. The van der Waals surface area contributed by atoms with Crippen molar-refractivity contribution in [2.75, 3.05) is 7.11 Å². The molecule has 3 amide bonds. The van der Waals surface area contributed by atoms with E-state index in [2.05, 4.69) is 10.6 Å². The van der Waals surface area contributed by atoms with Gasteiger partial charge < -0.3 is 10.1 Å². The summed E-state index contributed by atoms with van der Waals surface area (Å²) in [7, 11) is 1.65. The number of urea groups is 1. The molecule has 6 heteroatoms. The molecule has 0 aliphatic heterocycles. The number of carbonyl (C=O) groups is 2. The Balaban J connectivity index is 2.41. The van der Waals surface area contributed by atoms with Crippen molar-refractivity contribution in [3.8, 4) is 0 Å². The Bertz CT molecular complexity index is 318. The highest BCUT2D eigenvalue weighted by molar-refractivity contribution is 6.31. The minimum atomic E-state index is -0.720. The van der Waals surface area contributed by atoms with Crippen LogP contribution in [0.5, 0.6) is 0 Å². The van der Waals surface area contributed by atoms with Crippen molar-refractivity contribution in [2.24, 2.45) is 5.41 Å². The third-order valence-corrected chi connectivity index (χ3v) is 3.56. The normalized spacial score (nSPS) is 27.8. The lowest BCUT2D eigenvalue weighted by Gasteiger charge is -2.51. The molecule has 1 aliphatic rings. The van der Waals surface area contributed by atoms with Gasteiger partial charge in [-0.15, -0.1) is 11.6 Å². The third-order valence-electron chi connectivity index (χ3n) is 3.37. The Morgan fingerprint density at radius 1 is 1.47 bits per heavy atom. The lowest BCUT2D eigenvalue weighted by molar-refractivity contribution is -0.119. The van der Waals surface area contributed by atoms with Crippen molar-refractivity contribution in [3.05, 3.63) is 0 Å². The first-order valence-electron chi connectivity index (χ1n) is 5.57. The summed E-state index contributed by atoms with van der Waals surface area (Å²) in [6.45, 7) is 5.54. The maximum Gasteiger partial charge on any atom is 0.321 e. The van der Waals surface area contributed by atoms with Crippen molar-refractivity contribution >= 4 is 23.5 Å². The molecule has 0 aromatic rings. The first-order valence-corrected chi connectivity index (χ1v) is 6.01. The fourth-order valence-corrected chi connectivity index (χ4v) is 1.99. The largest absolute Gasteiger partial charge is 0.381 e. The molecule has 3 unspecified atom stereocenters. The predicted molar refractivity (Wildman–Crippen MR) is 65.0 cm³/mol. The van der Waals surface area contributed by atoms with Gasteiger partial charge in [-0.3, -0.25) is 10.1 Å². The second kappa shape index (κ2) is 5.23. The molecule has 0 bridgehead atoms. The quantitative estimate of drug-likeness (QED) is 0.753. The van der Waals surface area contributed by atoms with Crippen LogP contribution in [-0.4, -0.2) is 36.6 Å². The highest BCUT2D eigenvalue weighted by Gasteiger charge is 2.49. The number of halogens is 1. The molecule has 0 radical (unpaired) electrons. The van der Waals surface area contributed by atoms with E-state index in [4.69, 9.17) is 16.3 Å². The van der Waals surface area contributed by atoms with Gasteiger partial charge in [0.2, 0.25) is 5.91 Å². The van der Waals surface area contributed by atoms with Crippen LogP contribution >= 0.6 is 11.6 Å². The summed E-state index contributed by atoms with van der Waals surface area (Å²) in [5.74, 6) is -0.496. The Labute approximate surface area is 106 Å². The second-order valence-electron chi connectivity index (χ2n) is 4.91. The highest BCUT2D eigenvalue weighted by Crippen LogP contribution is 2.42. The lowest BCUT2D eigenvalue weighted by atomic mass is 9.64. The van der Waals surface area contributed by atoms with Crippen LogP contribution in [-0.2, 0) is 9.53 Å². The highest BCUT2D eigenvalue weighted by atomic mass is 35.5. The van der Waals surface area contributed by atoms with E-state index in [1.54, 1.807) is 7.11 Å². The summed E-state index contributed by atoms with van der Waals surface area (Å²) in [4.78, 5) is 22.7. The van der Waals surface area contributed by atoms with Crippen molar-refractivity contribution in [2.45, 2.75) is 44.7 Å². The molecular formula is C11H19ClN2O3. The number of methoxy groups -OCH3 is 1. The predicted octanol–water partition coefficient (Wildman–Crippen LogP) is 1.25. The number of amides is 3. The van der Waals surface area contributed by atoms with Gasteiger partial charge in [0.1, 0.15) is 5.38 Å². The molecule has 17 heavy (non-hydrogen) atoms. The Hall–Kier alpha value is -0.810. The zero-order valence-electron chi connectivity index (χ0n) is 10.5. The average molecular weight is 263 g/mol. The SMILES string of the molecule is COC1CC(NC(=O)NC(=O)C(C)Cl)C1(C)C. The minimum Gasteiger partial charge on any atom is -0.381 e. The van der Waals surface area contributed by atoms with Crippen molar-refractivity contribution < 1.29 is 14.3 Å². The summed E-state index contributed by atoms with van der Waals surface area (Å²) >= 11 is 5.55. The van der Waals surface area contributed by atoms with Gasteiger partial charge in [0.15, 0.2) is 0 Å². The second-order valence-corrected chi connectivity index (χ2v) is 5.57. The molecule has 1 aliphatic carbocycles. The van der Waals surface area contributed by atoms with Crippen molar-refractivity contribution in [1.29, 1.82) is 0 Å². The van der Waals surface area contributed by atoms with Crippen LogP contribution in [0.15, 0.2) is 0 Å². The van der Waals surface area contributed by atoms with E-state index in [9.17, 15) is 9.59 Å². The van der Waals surface area contributed by atoms with Crippen molar-refractivity contribution in [3.63, 3.8) is 0 Å². The van der Waals surface area contributed by atoms with Gasteiger partial charge in [0.05, 0.1) is 6.10 Å². The van der Waals surface area contributed by atoms with Gasteiger partial charge in [0.25, 0.3) is 0 Å². The molecule has 0 heterocycles. The molecule has 1 rings (SSSR count). The van der Waals surface area contributed by atoms with Crippen LogP contribution in [0.3, 0.4) is 0 Å². The Morgan fingerprint density at radius 3 is 2.47 bits per heavy atom. The first kappa shape index (κ1) is 14.3. The van der Waals surface area contributed by atoms with E-state index in [1.807, 2.05) is 13.8 Å². The van der Waals surface area contributed by atoms with E-state index in [0.717, 1.165) is 6.42 Å². The number of alkyl halides is 1. The van der Waals surface area contributed by atoms with Gasteiger partial charge in [-0.2, -0.15) is 0 Å². The van der Waals surface area contributed by atoms with Crippen LogP contribution in [0.1, 0.15) is 27.2 Å². The number of imide groups is 1. The number of nitrogens with one attached hydrogen (secondary N) is 2. The molecule has 2 N–H and O–H groups in total. The molecule has 1 fully saturated rings. The molecule has 0 spiro atoms. The van der Waals surface area contributed by atoms with Gasteiger partial charge in [-0.05, 0) is 13.3 Å².